The molecule has 4 N–H and O–H groups in total. The van der Waals surface area contributed by atoms with Gasteiger partial charge in [-0.1, -0.05) is 15.9 Å². The minimum absolute atomic E-state index is 0.0702. The number of carbonyl (C=O) groups excluding carboxylic acids is 1. The number of nitrogens with one attached hydrogen (secondary N) is 1. The van der Waals surface area contributed by atoms with Crippen LogP contribution in [-0.2, 0) is 0 Å². The molecule has 0 atom stereocenters. The van der Waals surface area contributed by atoms with E-state index in [1.807, 2.05) is 0 Å². The summed E-state index contributed by atoms with van der Waals surface area (Å²) in [6, 6.07) is 8.52. The Morgan fingerprint density at radius 3 is 2.45 bits per heavy atom. The molecule has 0 radical (unpaired) electrons. The van der Waals surface area contributed by atoms with Crippen LogP contribution >= 0.6 is 15.9 Å². The minimum atomic E-state index is -0.587. The second-order valence-electron chi connectivity index (χ2n) is 4.50. The van der Waals surface area contributed by atoms with Gasteiger partial charge >= 0.3 is 0 Å². The summed E-state index contributed by atoms with van der Waals surface area (Å²) < 4.78 is 0.646. The van der Waals surface area contributed by atoms with Gasteiger partial charge in [0.15, 0.2) is 0 Å². The molecule has 0 aliphatic carbocycles. The van der Waals surface area contributed by atoms with Gasteiger partial charge < -0.3 is 15.3 Å². The molecule has 7 heteroatoms. The number of rotatable bonds is 3. The van der Waals surface area contributed by atoms with Crippen LogP contribution in [0.25, 0.3) is 0 Å². The number of carbonyl (C=O) groups is 1. The lowest BCUT2D eigenvalue weighted by atomic mass is 10.1. The van der Waals surface area contributed by atoms with Crippen LogP contribution in [-0.4, -0.2) is 26.9 Å². The van der Waals surface area contributed by atoms with E-state index in [4.69, 9.17) is 0 Å². The van der Waals surface area contributed by atoms with Gasteiger partial charge in [0.25, 0.3) is 5.91 Å². The summed E-state index contributed by atoms with van der Waals surface area (Å²) >= 11 is 3.21. The molecular weight excluding hydrogens is 352 g/mol. The van der Waals surface area contributed by atoms with Crippen molar-refractivity contribution in [1.29, 1.82) is 0 Å². The third-order valence-corrected chi connectivity index (χ3v) is 3.39. The summed E-state index contributed by atoms with van der Waals surface area (Å²) in [7, 11) is 0. The van der Waals surface area contributed by atoms with Crippen LogP contribution in [0, 0.1) is 0 Å². The van der Waals surface area contributed by atoms with Gasteiger partial charge in [-0.15, -0.1) is 0 Å². The Hall–Kier alpha value is -2.54. The smallest absolute Gasteiger partial charge is 0.275 e. The van der Waals surface area contributed by atoms with Crippen molar-refractivity contribution in [3.8, 4) is 17.2 Å². The van der Waals surface area contributed by atoms with Crippen LogP contribution < -0.4 is 5.43 Å². The molecule has 1 amide bonds. The molecule has 22 heavy (non-hydrogen) atoms. The Kier molecular flexibility index (Phi) is 4.67. The minimum Gasteiger partial charge on any atom is -0.508 e. The van der Waals surface area contributed by atoms with Crippen LogP contribution in [0.3, 0.4) is 0 Å². The molecule has 0 fully saturated rings. The van der Waals surface area contributed by atoms with E-state index in [1.165, 1.54) is 30.3 Å². The highest BCUT2D eigenvalue weighted by Gasteiger charge is 2.12. The average molecular weight is 365 g/mol. The highest BCUT2D eigenvalue weighted by atomic mass is 79.9. The molecule has 0 aromatic heterocycles. The van der Waals surface area contributed by atoms with E-state index in [9.17, 15) is 20.1 Å². The Balaban J connectivity index is 2.20. The second kappa shape index (κ2) is 6.48. The van der Waals surface area contributed by atoms with Crippen molar-refractivity contribution in [1.82, 2.24) is 5.43 Å². The molecular formula is C15H13BrN2O4. The zero-order chi connectivity index (χ0) is 16.3. The van der Waals surface area contributed by atoms with E-state index in [-0.39, 0.29) is 22.8 Å². The van der Waals surface area contributed by atoms with E-state index in [2.05, 4.69) is 26.5 Å². The fourth-order valence-corrected chi connectivity index (χ4v) is 2.13. The number of hydrazone groups is 1. The summed E-state index contributed by atoms with van der Waals surface area (Å²) in [5, 5.41) is 32.5. The summed E-state index contributed by atoms with van der Waals surface area (Å²) in [5.41, 5.74) is 3.09. The Labute approximate surface area is 134 Å². The monoisotopic (exact) mass is 364 g/mol. The van der Waals surface area contributed by atoms with Crippen molar-refractivity contribution in [2.24, 2.45) is 5.10 Å². The topological polar surface area (TPSA) is 102 Å². The van der Waals surface area contributed by atoms with Crippen LogP contribution in [0.5, 0.6) is 17.2 Å². The molecule has 114 valence electrons. The predicted molar refractivity (Wildman–Crippen MR) is 85.3 cm³/mol. The molecule has 2 aromatic rings. The Morgan fingerprint density at radius 2 is 1.77 bits per heavy atom. The normalized spacial score (nSPS) is 11.3. The lowest BCUT2D eigenvalue weighted by molar-refractivity contribution is 0.0952. The Bertz CT molecular complexity index is 759. The molecule has 0 saturated heterocycles. The zero-order valence-electron chi connectivity index (χ0n) is 11.5. The highest BCUT2D eigenvalue weighted by Crippen LogP contribution is 2.23. The maximum Gasteiger partial charge on any atom is 0.275 e. The zero-order valence-corrected chi connectivity index (χ0v) is 13.1. The molecule has 0 aliphatic heterocycles. The van der Waals surface area contributed by atoms with Crippen molar-refractivity contribution >= 4 is 27.5 Å². The number of benzene rings is 2. The summed E-state index contributed by atoms with van der Waals surface area (Å²) in [5.74, 6) is -0.976. The first-order chi connectivity index (χ1) is 10.4. The van der Waals surface area contributed by atoms with Gasteiger partial charge in [-0.25, -0.2) is 5.43 Å². The summed E-state index contributed by atoms with van der Waals surface area (Å²) in [6.45, 7) is 1.59. The van der Waals surface area contributed by atoms with Crippen LogP contribution in [0.4, 0.5) is 0 Å². The van der Waals surface area contributed by atoms with Gasteiger partial charge in [0.2, 0.25) is 0 Å². The number of amides is 1. The molecule has 0 saturated carbocycles. The molecule has 2 rings (SSSR count). The fourth-order valence-electron chi connectivity index (χ4n) is 1.77. The van der Waals surface area contributed by atoms with E-state index in [0.29, 0.717) is 15.7 Å². The molecule has 0 spiro atoms. The first-order valence-electron chi connectivity index (χ1n) is 6.24. The maximum atomic E-state index is 12.0. The number of nitrogens with zero attached hydrogens (tertiary/aromatic N) is 1. The van der Waals surface area contributed by atoms with Gasteiger partial charge in [0.1, 0.15) is 17.2 Å². The van der Waals surface area contributed by atoms with Crippen LogP contribution in [0.2, 0.25) is 0 Å². The van der Waals surface area contributed by atoms with E-state index >= 15 is 0 Å². The Morgan fingerprint density at radius 1 is 1.05 bits per heavy atom. The average Bonchev–Trinajstić information content (AvgIpc) is 2.47. The molecule has 0 heterocycles. The number of hydrogen-bond donors (Lipinski definition) is 4. The van der Waals surface area contributed by atoms with E-state index in [1.54, 1.807) is 13.0 Å². The lowest BCUT2D eigenvalue weighted by Crippen LogP contribution is -2.19. The molecule has 0 unspecified atom stereocenters. The maximum absolute atomic E-state index is 12.0. The quantitative estimate of drug-likeness (QED) is 0.496. The number of halogens is 1. The third kappa shape index (κ3) is 3.56. The van der Waals surface area contributed by atoms with Crippen molar-refractivity contribution in [3.05, 3.63) is 52.0 Å². The third-order valence-electron chi connectivity index (χ3n) is 2.90. The number of phenols is 3. The first kappa shape index (κ1) is 15.8. The van der Waals surface area contributed by atoms with Crippen LogP contribution in [0.1, 0.15) is 22.8 Å². The van der Waals surface area contributed by atoms with E-state index < -0.39 is 5.91 Å². The second-order valence-corrected chi connectivity index (χ2v) is 5.42. The van der Waals surface area contributed by atoms with Gasteiger partial charge in [-0.3, -0.25) is 4.79 Å². The van der Waals surface area contributed by atoms with Gasteiger partial charge in [0.05, 0.1) is 11.3 Å². The summed E-state index contributed by atoms with van der Waals surface area (Å²) in [4.78, 5) is 12.0. The lowest BCUT2D eigenvalue weighted by Gasteiger charge is -2.07. The SMILES string of the molecule is CC(=NNC(=O)c1cc(Br)ccc1O)c1ccc(O)cc1O. The van der Waals surface area contributed by atoms with Gasteiger partial charge in [0, 0.05) is 16.1 Å². The fraction of sp³-hybridized carbons (Fsp3) is 0.0667. The van der Waals surface area contributed by atoms with Gasteiger partial charge in [-0.2, -0.15) is 5.10 Å². The van der Waals surface area contributed by atoms with Crippen molar-refractivity contribution < 1.29 is 20.1 Å². The molecule has 0 aliphatic rings. The number of aromatic hydroxyl groups is 3. The van der Waals surface area contributed by atoms with Crippen molar-refractivity contribution in [3.63, 3.8) is 0 Å². The highest BCUT2D eigenvalue weighted by molar-refractivity contribution is 9.10. The predicted octanol–water partition coefficient (Wildman–Crippen LogP) is 2.72. The van der Waals surface area contributed by atoms with Crippen molar-refractivity contribution in [2.75, 3.05) is 0 Å². The molecule has 6 nitrogen and oxygen atoms in total. The van der Waals surface area contributed by atoms with E-state index in [0.717, 1.165) is 0 Å². The molecule has 2 aromatic carbocycles. The standard InChI is InChI=1S/C15H13BrN2O4/c1-8(11-4-3-10(19)7-14(11)21)17-18-15(22)12-6-9(16)2-5-13(12)20/h2-7,19-21H,1H3,(H,18,22). The summed E-state index contributed by atoms with van der Waals surface area (Å²) in [6.07, 6.45) is 0. The number of phenolic OH excluding ortho intramolecular Hbond substituents is 3. The number of hydrogen-bond acceptors (Lipinski definition) is 5. The van der Waals surface area contributed by atoms with Crippen molar-refractivity contribution in [2.45, 2.75) is 6.92 Å². The first-order valence-corrected chi connectivity index (χ1v) is 7.03. The molecule has 0 bridgehead atoms. The van der Waals surface area contributed by atoms with Gasteiger partial charge in [-0.05, 0) is 37.3 Å². The largest absolute Gasteiger partial charge is 0.508 e. The van der Waals surface area contributed by atoms with Crippen LogP contribution in [0.15, 0.2) is 46.0 Å².